The standard InChI is InChI=1S/C12H21N5O/c1-3-8-18-11-15-9(13)14-10(16-11)17-12(4-2)6-5-7-12/h3-8H2,1-2H3,(H3,13,14,15,16,17). The Hall–Kier alpha value is -1.59. The van der Waals surface area contributed by atoms with Gasteiger partial charge in [-0.05, 0) is 32.1 Å². The Morgan fingerprint density at radius 2 is 2.06 bits per heavy atom. The summed E-state index contributed by atoms with van der Waals surface area (Å²) in [6.45, 7) is 4.79. The van der Waals surface area contributed by atoms with Crippen LogP contribution in [0.25, 0.3) is 0 Å². The molecule has 0 spiro atoms. The highest BCUT2D eigenvalue weighted by atomic mass is 16.5. The molecule has 0 radical (unpaired) electrons. The first-order valence-corrected chi connectivity index (χ1v) is 6.60. The van der Waals surface area contributed by atoms with Crippen molar-refractivity contribution in [3.63, 3.8) is 0 Å². The maximum absolute atomic E-state index is 5.67. The van der Waals surface area contributed by atoms with Gasteiger partial charge in [0.1, 0.15) is 0 Å². The van der Waals surface area contributed by atoms with Crippen molar-refractivity contribution < 1.29 is 4.74 Å². The van der Waals surface area contributed by atoms with E-state index in [9.17, 15) is 0 Å². The van der Waals surface area contributed by atoms with Crippen LogP contribution in [0.2, 0.25) is 0 Å². The van der Waals surface area contributed by atoms with Crippen LogP contribution in [0.3, 0.4) is 0 Å². The van der Waals surface area contributed by atoms with E-state index in [0.717, 1.165) is 25.7 Å². The first kappa shape index (κ1) is 12.9. The Kier molecular flexibility index (Phi) is 3.84. The third kappa shape index (κ3) is 2.80. The second-order valence-electron chi connectivity index (χ2n) is 4.76. The summed E-state index contributed by atoms with van der Waals surface area (Å²) in [5.74, 6) is 0.722. The summed E-state index contributed by atoms with van der Waals surface area (Å²) in [7, 11) is 0. The van der Waals surface area contributed by atoms with Gasteiger partial charge in [-0.15, -0.1) is 0 Å². The molecule has 18 heavy (non-hydrogen) atoms. The van der Waals surface area contributed by atoms with E-state index < -0.39 is 0 Å². The van der Waals surface area contributed by atoms with Gasteiger partial charge in [0.2, 0.25) is 11.9 Å². The lowest BCUT2D eigenvalue weighted by Crippen LogP contribution is -2.44. The second-order valence-corrected chi connectivity index (χ2v) is 4.76. The van der Waals surface area contributed by atoms with Crippen molar-refractivity contribution in [2.75, 3.05) is 17.7 Å². The van der Waals surface area contributed by atoms with E-state index in [1.807, 2.05) is 6.92 Å². The molecular formula is C12H21N5O. The van der Waals surface area contributed by atoms with Gasteiger partial charge >= 0.3 is 6.01 Å². The maximum Gasteiger partial charge on any atom is 0.323 e. The highest BCUT2D eigenvalue weighted by Crippen LogP contribution is 2.37. The Morgan fingerprint density at radius 3 is 2.61 bits per heavy atom. The van der Waals surface area contributed by atoms with Gasteiger partial charge in [0.15, 0.2) is 0 Å². The van der Waals surface area contributed by atoms with Crippen molar-refractivity contribution in [2.45, 2.75) is 51.5 Å². The molecule has 1 heterocycles. The van der Waals surface area contributed by atoms with Crippen LogP contribution in [-0.4, -0.2) is 27.1 Å². The van der Waals surface area contributed by atoms with Crippen LogP contribution in [0.5, 0.6) is 6.01 Å². The Morgan fingerprint density at radius 1 is 1.28 bits per heavy atom. The van der Waals surface area contributed by atoms with E-state index in [-0.39, 0.29) is 11.5 Å². The highest BCUT2D eigenvalue weighted by molar-refractivity contribution is 5.36. The van der Waals surface area contributed by atoms with E-state index in [4.69, 9.17) is 10.5 Å². The summed E-state index contributed by atoms with van der Waals surface area (Å²) >= 11 is 0. The quantitative estimate of drug-likeness (QED) is 0.804. The smallest absolute Gasteiger partial charge is 0.323 e. The number of nitrogen functional groups attached to an aromatic ring is 1. The Bertz CT molecular complexity index is 400. The van der Waals surface area contributed by atoms with Crippen LogP contribution in [0.15, 0.2) is 0 Å². The molecule has 0 aliphatic heterocycles. The molecule has 0 bridgehead atoms. The maximum atomic E-state index is 5.67. The molecular weight excluding hydrogens is 230 g/mol. The Balaban J connectivity index is 2.09. The number of nitrogens with one attached hydrogen (secondary N) is 1. The van der Waals surface area contributed by atoms with Gasteiger partial charge in [-0.25, -0.2) is 0 Å². The molecule has 0 amide bonds. The highest BCUT2D eigenvalue weighted by Gasteiger charge is 2.35. The van der Waals surface area contributed by atoms with Crippen molar-refractivity contribution in [2.24, 2.45) is 0 Å². The van der Waals surface area contributed by atoms with Gasteiger partial charge in [0, 0.05) is 5.54 Å². The molecule has 1 aliphatic carbocycles. The molecule has 6 heteroatoms. The molecule has 6 nitrogen and oxygen atoms in total. The molecule has 0 unspecified atom stereocenters. The summed E-state index contributed by atoms with van der Waals surface area (Å²) in [5.41, 5.74) is 5.80. The molecule has 0 atom stereocenters. The topological polar surface area (TPSA) is 86.0 Å². The normalized spacial score (nSPS) is 17.0. The van der Waals surface area contributed by atoms with Crippen LogP contribution < -0.4 is 15.8 Å². The number of ether oxygens (including phenoxy) is 1. The minimum Gasteiger partial charge on any atom is -0.463 e. The minimum atomic E-state index is 0.135. The van der Waals surface area contributed by atoms with Crippen molar-refractivity contribution in [1.29, 1.82) is 0 Å². The van der Waals surface area contributed by atoms with Gasteiger partial charge in [0.25, 0.3) is 0 Å². The predicted octanol–water partition coefficient (Wildman–Crippen LogP) is 1.99. The summed E-state index contributed by atoms with van der Waals surface area (Å²) in [5, 5.41) is 3.38. The Labute approximate surface area is 107 Å². The monoisotopic (exact) mass is 251 g/mol. The average molecular weight is 251 g/mol. The first-order valence-electron chi connectivity index (χ1n) is 6.60. The van der Waals surface area contributed by atoms with E-state index in [1.165, 1.54) is 6.42 Å². The van der Waals surface area contributed by atoms with Gasteiger partial charge in [-0.1, -0.05) is 13.8 Å². The zero-order valence-electron chi connectivity index (χ0n) is 11.1. The van der Waals surface area contributed by atoms with Crippen molar-refractivity contribution in [3.8, 4) is 6.01 Å². The molecule has 2 rings (SSSR count). The van der Waals surface area contributed by atoms with Gasteiger partial charge in [-0.2, -0.15) is 15.0 Å². The van der Waals surface area contributed by atoms with Crippen LogP contribution >= 0.6 is 0 Å². The largest absolute Gasteiger partial charge is 0.463 e. The summed E-state index contributed by atoms with van der Waals surface area (Å²) in [4.78, 5) is 12.3. The third-order valence-electron chi connectivity index (χ3n) is 3.43. The molecule has 1 fully saturated rings. The van der Waals surface area contributed by atoms with Crippen molar-refractivity contribution >= 4 is 11.9 Å². The molecule has 1 saturated carbocycles. The van der Waals surface area contributed by atoms with E-state index in [1.54, 1.807) is 0 Å². The number of rotatable bonds is 6. The van der Waals surface area contributed by atoms with Crippen molar-refractivity contribution in [1.82, 2.24) is 15.0 Å². The van der Waals surface area contributed by atoms with Gasteiger partial charge in [-0.3, -0.25) is 0 Å². The van der Waals surface area contributed by atoms with Gasteiger partial charge in [0.05, 0.1) is 6.61 Å². The lowest BCUT2D eigenvalue weighted by atomic mass is 9.75. The second kappa shape index (κ2) is 5.37. The number of hydrogen-bond acceptors (Lipinski definition) is 6. The molecule has 100 valence electrons. The molecule has 0 aromatic carbocycles. The zero-order chi connectivity index (χ0) is 13.0. The average Bonchev–Trinajstić information content (AvgIpc) is 2.30. The summed E-state index contributed by atoms with van der Waals surface area (Å²) < 4.78 is 5.39. The fraction of sp³-hybridized carbons (Fsp3) is 0.750. The molecule has 1 aromatic heterocycles. The first-order chi connectivity index (χ1) is 8.67. The summed E-state index contributed by atoms with van der Waals surface area (Å²) in [6, 6.07) is 0.303. The van der Waals surface area contributed by atoms with Crippen LogP contribution in [0.1, 0.15) is 46.0 Å². The fourth-order valence-corrected chi connectivity index (χ4v) is 2.09. The SMILES string of the molecule is CCCOc1nc(N)nc(NC2(CC)CCC2)n1. The van der Waals surface area contributed by atoms with Gasteiger partial charge < -0.3 is 15.8 Å². The number of nitrogens with two attached hydrogens (primary N) is 1. The molecule has 1 aliphatic rings. The summed E-state index contributed by atoms with van der Waals surface area (Å²) in [6.07, 6.45) is 5.53. The van der Waals surface area contributed by atoms with E-state index in [0.29, 0.717) is 18.6 Å². The lowest BCUT2D eigenvalue weighted by Gasteiger charge is -2.41. The third-order valence-corrected chi connectivity index (χ3v) is 3.43. The minimum absolute atomic E-state index is 0.135. The fourth-order valence-electron chi connectivity index (χ4n) is 2.09. The lowest BCUT2D eigenvalue weighted by molar-refractivity contribution is 0.265. The number of anilines is 2. The van der Waals surface area contributed by atoms with Crippen LogP contribution in [0, 0.1) is 0 Å². The van der Waals surface area contributed by atoms with E-state index >= 15 is 0 Å². The number of nitrogens with zero attached hydrogens (tertiary/aromatic N) is 3. The van der Waals surface area contributed by atoms with Crippen LogP contribution in [0.4, 0.5) is 11.9 Å². The van der Waals surface area contributed by atoms with Crippen LogP contribution in [-0.2, 0) is 0 Å². The molecule has 1 aromatic rings. The van der Waals surface area contributed by atoms with E-state index in [2.05, 4.69) is 27.2 Å². The number of hydrogen-bond donors (Lipinski definition) is 2. The predicted molar refractivity (Wildman–Crippen MR) is 70.5 cm³/mol. The molecule has 0 saturated heterocycles. The molecule has 3 N–H and O–H groups in total. The zero-order valence-corrected chi connectivity index (χ0v) is 11.1. The van der Waals surface area contributed by atoms with Crippen molar-refractivity contribution in [3.05, 3.63) is 0 Å². The number of aromatic nitrogens is 3.